The quantitative estimate of drug-likeness (QED) is 0.458. The van der Waals surface area contributed by atoms with Crippen molar-refractivity contribution in [2.75, 3.05) is 6.61 Å². The molecule has 4 rings (SSSR count). The lowest BCUT2D eigenvalue weighted by molar-refractivity contribution is -0.384. The Labute approximate surface area is 147 Å². The van der Waals surface area contributed by atoms with E-state index in [1.807, 2.05) is 0 Å². The van der Waals surface area contributed by atoms with E-state index in [0.717, 1.165) is 12.1 Å². The summed E-state index contributed by atoms with van der Waals surface area (Å²) in [6.07, 6.45) is 1.81. The van der Waals surface area contributed by atoms with Crippen LogP contribution in [0.2, 0.25) is 5.02 Å². The van der Waals surface area contributed by atoms with Crippen molar-refractivity contribution in [2.24, 2.45) is 10.9 Å². The van der Waals surface area contributed by atoms with Gasteiger partial charge in [0, 0.05) is 24.1 Å². The molecule has 0 radical (unpaired) electrons. The molecule has 1 aliphatic carbocycles. The number of fused-ring (bicyclic) bond motifs is 1. The van der Waals surface area contributed by atoms with Gasteiger partial charge in [0.2, 0.25) is 0 Å². The van der Waals surface area contributed by atoms with Crippen LogP contribution in [-0.4, -0.2) is 29.0 Å². The van der Waals surface area contributed by atoms with Crippen molar-refractivity contribution < 1.29 is 19.2 Å². The molecule has 0 aromatic heterocycles. The third-order valence-corrected chi connectivity index (χ3v) is 5.20. The summed E-state index contributed by atoms with van der Waals surface area (Å²) in [5.41, 5.74) is 1.85. The van der Waals surface area contributed by atoms with E-state index in [1.54, 1.807) is 6.07 Å². The monoisotopic (exact) mass is 360 g/mol. The highest BCUT2D eigenvalue weighted by Crippen LogP contribution is 2.46. The molecule has 0 bridgehead atoms. The number of aliphatic imine (C=N–C) groups is 1. The number of hydrogen-bond acceptors (Lipinski definition) is 6. The molecule has 0 spiro atoms. The maximum Gasteiger partial charge on any atom is 0.337 e. The maximum absolute atomic E-state index is 12.6. The maximum atomic E-state index is 12.6. The third kappa shape index (κ3) is 2.46. The molecular formula is C17H13ClN2O5. The SMILES string of the molecule is O=C1OCC2=C1C(c1ccc(Cl)c([N+](=O)[O-])c1)C1C(=O)CCCC1=N2. The molecule has 2 atom stereocenters. The second-order valence-corrected chi connectivity index (χ2v) is 6.69. The van der Waals surface area contributed by atoms with E-state index < -0.39 is 22.7 Å². The van der Waals surface area contributed by atoms with Gasteiger partial charge in [-0.15, -0.1) is 0 Å². The minimum absolute atomic E-state index is 0.00106. The predicted molar refractivity (Wildman–Crippen MR) is 88.6 cm³/mol. The Hall–Kier alpha value is -2.54. The highest BCUT2D eigenvalue weighted by atomic mass is 35.5. The van der Waals surface area contributed by atoms with Crippen LogP contribution in [0.3, 0.4) is 0 Å². The Balaban J connectivity index is 1.90. The normalized spacial score (nSPS) is 25.2. The summed E-state index contributed by atoms with van der Waals surface area (Å²) in [6, 6.07) is 4.39. The standard InChI is InChI=1S/C17H13ClN2O5/c18-9-5-4-8(6-12(9)20(23)24)14-15-10(2-1-3-13(15)21)19-11-7-25-17(22)16(11)14/h4-6,14-15H,1-3,7H2. The van der Waals surface area contributed by atoms with Crippen LogP contribution in [0.15, 0.2) is 34.5 Å². The van der Waals surface area contributed by atoms with Crippen LogP contribution in [0.1, 0.15) is 30.7 Å². The Morgan fingerprint density at radius 2 is 2.04 bits per heavy atom. The molecule has 7 nitrogen and oxygen atoms in total. The van der Waals surface area contributed by atoms with E-state index in [1.165, 1.54) is 12.1 Å². The Bertz CT molecular complexity index is 889. The fourth-order valence-corrected chi connectivity index (χ4v) is 4.00. The van der Waals surface area contributed by atoms with E-state index in [9.17, 15) is 19.7 Å². The van der Waals surface area contributed by atoms with Crippen molar-refractivity contribution >= 4 is 34.8 Å². The first-order valence-corrected chi connectivity index (χ1v) is 8.29. The number of ether oxygens (including phenoxy) is 1. The second kappa shape index (κ2) is 5.77. The molecule has 2 aliphatic heterocycles. The van der Waals surface area contributed by atoms with Gasteiger partial charge in [-0.2, -0.15) is 0 Å². The average Bonchev–Trinajstić information content (AvgIpc) is 2.94. The molecule has 0 saturated heterocycles. The molecular weight excluding hydrogens is 348 g/mol. The summed E-state index contributed by atoms with van der Waals surface area (Å²) in [5.74, 6) is -1.70. The van der Waals surface area contributed by atoms with Crippen LogP contribution < -0.4 is 0 Å². The van der Waals surface area contributed by atoms with Crippen LogP contribution in [0.4, 0.5) is 5.69 Å². The Morgan fingerprint density at radius 3 is 2.80 bits per heavy atom. The number of nitrogens with zero attached hydrogens (tertiary/aromatic N) is 2. The Kier molecular flexibility index (Phi) is 3.68. The fraction of sp³-hybridized carbons (Fsp3) is 0.353. The minimum Gasteiger partial charge on any atom is -0.456 e. The fourth-order valence-electron chi connectivity index (χ4n) is 3.81. The summed E-state index contributed by atoms with van der Waals surface area (Å²) in [7, 11) is 0. The van der Waals surface area contributed by atoms with Gasteiger partial charge in [-0.3, -0.25) is 19.9 Å². The number of hydrogen-bond donors (Lipinski definition) is 0. The molecule has 1 aromatic carbocycles. The molecule has 1 fully saturated rings. The van der Waals surface area contributed by atoms with E-state index in [0.29, 0.717) is 29.7 Å². The van der Waals surface area contributed by atoms with Crippen LogP contribution in [0.5, 0.6) is 0 Å². The van der Waals surface area contributed by atoms with E-state index in [-0.39, 0.29) is 23.1 Å². The molecule has 2 heterocycles. The van der Waals surface area contributed by atoms with Gasteiger partial charge >= 0.3 is 5.97 Å². The van der Waals surface area contributed by atoms with Gasteiger partial charge in [0.05, 0.1) is 22.1 Å². The number of ketones is 1. The zero-order valence-electron chi connectivity index (χ0n) is 13.0. The van der Waals surface area contributed by atoms with Crippen LogP contribution in [0, 0.1) is 16.0 Å². The first-order chi connectivity index (χ1) is 12.0. The second-order valence-electron chi connectivity index (χ2n) is 6.28. The molecule has 2 unspecified atom stereocenters. The minimum atomic E-state index is -0.610. The molecule has 0 N–H and O–H groups in total. The highest BCUT2D eigenvalue weighted by Gasteiger charge is 2.46. The number of halogens is 1. The average molecular weight is 361 g/mol. The van der Waals surface area contributed by atoms with Crippen LogP contribution in [0.25, 0.3) is 0 Å². The lowest BCUT2D eigenvalue weighted by Gasteiger charge is -2.33. The molecule has 128 valence electrons. The van der Waals surface area contributed by atoms with E-state index in [2.05, 4.69) is 4.99 Å². The predicted octanol–water partition coefficient (Wildman–Crippen LogP) is 2.97. The lowest BCUT2D eigenvalue weighted by Crippen LogP contribution is -2.38. The van der Waals surface area contributed by atoms with Gasteiger partial charge in [0.15, 0.2) is 0 Å². The molecule has 8 heteroatoms. The van der Waals surface area contributed by atoms with Crippen molar-refractivity contribution in [3.8, 4) is 0 Å². The van der Waals surface area contributed by atoms with E-state index >= 15 is 0 Å². The Morgan fingerprint density at radius 1 is 1.24 bits per heavy atom. The summed E-state index contributed by atoms with van der Waals surface area (Å²) in [4.78, 5) is 40.0. The number of carbonyl (C=O) groups is 2. The number of carbonyl (C=O) groups excluding carboxylic acids is 2. The van der Waals surface area contributed by atoms with Gasteiger partial charge in [0.25, 0.3) is 5.69 Å². The number of benzene rings is 1. The largest absolute Gasteiger partial charge is 0.456 e. The molecule has 1 saturated carbocycles. The number of cyclic esters (lactones) is 1. The summed E-state index contributed by atoms with van der Waals surface area (Å²) in [5, 5.41) is 11.2. The zero-order chi connectivity index (χ0) is 17.7. The van der Waals surface area contributed by atoms with E-state index in [4.69, 9.17) is 16.3 Å². The number of rotatable bonds is 2. The summed E-state index contributed by atoms with van der Waals surface area (Å²) < 4.78 is 5.10. The molecule has 0 amide bonds. The number of Topliss-reactive ketones (excluding diaryl/α,β-unsaturated/α-hetero) is 1. The molecule has 3 aliphatic rings. The third-order valence-electron chi connectivity index (χ3n) is 4.88. The van der Waals surface area contributed by atoms with Crippen molar-refractivity contribution in [3.63, 3.8) is 0 Å². The van der Waals surface area contributed by atoms with Gasteiger partial charge < -0.3 is 4.74 Å². The zero-order valence-corrected chi connectivity index (χ0v) is 13.8. The summed E-state index contributed by atoms with van der Waals surface area (Å²) >= 11 is 5.90. The first-order valence-electron chi connectivity index (χ1n) is 7.91. The lowest BCUT2D eigenvalue weighted by atomic mass is 9.69. The van der Waals surface area contributed by atoms with Crippen molar-refractivity contribution in [1.29, 1.82) is 0 Å². The van der Waals surface area contributed by atoms with Gasteiger partial charge in [-0.1, -0.05) is 17.7 Å². The van der Waals surface area contributed by atoms with Crippen LogP contribution >= 0.6 is 11.6 Å². The highest BCUT2D eigenvalue weighted by molar-refractivity contribution is 6.32. The van der Waals surface area contributed by atoms with Crippen molar-refractivity contribution in [3.05, 3.63) is 50.2 Å². The first kappa shape index (κ1) is 16.0. The topological polar surface area (TPSA) is 98.9 Å². The summed E-state index contributed by atoms with van der Waals surface area (Å²) in [6.45, 7) is 0.0742. The van der Waals surface area contributed by atoms with Crippen LogP contribution in [-0.2, 0) is 14.3 Å². The number of nitro groups is 1. The van der Waals surface area contributed by atoms with Gasteiger partial charge in [0.1, 0.15) is 17.4 Å². The van der Waals surface area contributed by atoms with Gasteiger partial charge in [-0.25, -0.2) is 4.79 Å². The smallest absolute Gasteiger partial charge is 0.337 e. The number of nitro benzene ring substituents is 1. The van der Waals surface area contributed by atoms with Gasteiger partial charge in [-0.05, 0) is 24.5 Å². The number of esters is 1. The molecule has 1 aromatic rings. The van der Waals surface area contributed by atoms with Crippen molar-refractivity contribution in [2.45, 2.75) is 25.2 Å². The van der Waals surface area contributed by atoms with Crippen molar-refractivity contribution in [1.82, 2.24) is 0 Å². The molecule has 25 heavy (non-hydrogen) atoms.